The van der Waals surface area contributed by atoms with Crippen LogP contribution >= 0.6 is 0 Å². The van der Waals surface area contributed by atoms with E-state index in [-0.39, 0.29) is 11.8 Å². The van der Waals surface area contributed by atoms with Gasteiger partial charge in [0.25, 0.3) is 11.8 Å². The Balaban J connectivity index is 1.58. The Morgan fingerprint density at radius 3 is 2.32 bits per heavy atom. The molecular formula is C21H24N2O5. The van der Waals surface area contributed by atoms with Crippen molar-refractivity contribution < 1.29 is 23.8 Å². The van der Waals surface area contributed by atoms with Crippen molar-refractivity contribution >= 4 is 17.5 Å². The topological polar surface area (TPSA) is 77.1 Å². The third-order valence-electron chi connectivity index (χ3n) is 4.44. The number of benzene rings is 2. The molecule has 7 heteroatoms. The molecule has 1 aliphatic heterocycles. The third-order valence-corrected chi connectivity index (χ3v) is 4.44. The van der Waals surface area contributed by atoms with E-state index in [4.69, 9.17) is 14.2 Å². The number of ether oxygens (including phenoxy) is 3. The maximum absolute atomic E-state index is 12.5. The van der Waals surface area contributed by atoms with Crippen molar-refractivity contribution in [3.63, 3.8) is 0 Å². The van der Waals surface area contributed by atoms with E-state index in [1.165, 1.54) is 0 Å². The van der Waals surface area contributed by atoms with E-state index in [1.807, 2.05) is 12.1 Å². The van der Waals surface area contributed by atoms with Gasteiger partial charge in [-0.15, -0.1) is 0 Å². The lowest BCUT2D eigenvalue weighted by Crippen LogP contribution is -2.40. The number of rotatable bonds is 6. The number of hydrogen-bond donors (Lipinski definition) is 1. The van der Waals surface area contributed by atoms with E-state index in [2.05, 4.69) is 5.32 Å². The number of hydrogen-bond acceptors (Lipinski definition) is 5. The van der Waals surface area contributed by atoms with E-state index in [0.29, 0.717) is 49.1 Å². The minimum Gasteiger partial charge on any atom is -0.493 e. The number of carbonyl (C=O) groups excluding carboxylic acids is 2. The van der Waals surface area contributed by atoms with Crippen molar-refractivity contribution in [2.45, 2.75) is 13.0 Å². The monoisotopic (exact) mass is 384 g/mol. The summed E-state index contributed by atoms with van der Waals surface area (Å²) in [7, 11) is 1.55. The second-order valence-electron chi connectivity index (χ2n) is 6.38. The molecule has 0 radical (unpaired) electrons. The van der Waals surface area contributed by atoms with E-state index < -0.39 is 6.10 Å². The second-order valence-corrected chi connectivity index (χ2v) is 6.38. The van der Waals surface area contributed by atoms with E-state index in [0.717, 1.165) is 0 Å². The van der Waals surface area contributed by atoms with Gasteiger partial charge >= 0.3 is 0 Å². The Labute approximate surface area is 164 Å². The molecule has 1 N–H and O–H groups in total. The summed E-state index contributed by atoms with van der Waals surface area (Å²) in [5.74, 6) is 0.736. The minimum atomic E-state index is -0.717. The van der Waals surface area contributed by atoms with Gasteiger partial charge in [0.2, 0.25) is 0 Å². The van der Waals surface area contributed by atoms with E-state index in [1.54, 1.807) is 55.3 Å². The lowest BCUT2D eigenvalue weighted by atomic mass is 10.1. The first-order valence-electron chi connectivity index (χ1n) is 9.16. The molecule has 1 saturated heterocycles. The molecule has 1 unspecified atom stereocenters. The predicted octanol–water partition coefficient (Wildman–Crippen LogP) is 2.57. The van der Waals surface area contributed by atoms with Crippen LogP contribution in [0.2, 0.25) is 0 Å². The fraction of sp³-hybridized carbons (Fsp3) is 0.333. The lowest BCUT2D eigenvalue weighted by molar-refractivity contribution is -0.122. The number of para-hydroxylation sites is 2. The van der Waals surface area contributed by atoms with Gasteiger partial charge in [0.15, 0.2) is 17.6 Å². The minimum absolute atomic E-state index is 0.0333. The maximum atomic E-state index is 12.5. The molecule has 148 valence electrons. The fourth-order valence-corrected chi connectivity index (χ4v) is 2.85. The Morgan fingerprint density at radius 1 is 1.04 bits per heavy atom. The van der Waals surface area contributed by atoms with Crippen molar-refractivity contribution in [2.75, 3.05) is 38.7 Å². The first kappa shape index (κ1) is 19.7. The second kappa shape index (κ2) is 9.23. The number of carbonyl (C=O) groups is 2. The number of anilines is 1. The van der Waals surface area contributed by atoms with Gasteiger partial charge < -0.3 is 24.4 Å². The molecule has 0 aromatic heterocycles. The Hall–Kier alpha value is -3.06. The van der Waals surface area contributed by atoms with Crippen molar-refractivity contribution in [3.05, 3.63) is 54.1 Å². The molecule has 0 bridgehead atoms. The molecule has 2 amide bonds. The largest absolute Gasteiger partial charge is 0.493 e. The molecule has 1 fully saturated rings. The van der Waals surface area contributed by atoms with Crippen LogP contribution in [-0.2, 0) is 9.53 Å². The standard InChI is InChI=1S/C21H24N2O5/c1-15(28-19-6-4-3-5-18(19)26-2)20(24)22-17-9-7-16(8-10-17)21(25)23-11-13-27-14-12-23/h3-10,15H,11-14H2,1-2H3,(H,22,24). The molecule has 2 aromatic carbocycles. The smallest absolute Gasteiger partial charge is 0.265 e. The molecule has 3 rings (SSSR count). The summed E-state index contributed by atoms with van der Waals surface area (Å²) < 4.78 is 16.2. The highest BCUT2D eigenvalue weighted by atomic mass is 16.5. The van der Waals surface area contributed by atoms with Gasteiger partial charge in [-0.3, -0.25) is 9.59 Å². The van der Waals surface area contributed by atoms with E-state index >= 15 is 0 Å². The van der Waals surface area contributed by atoms with E-state index in [9.17, 15) is 9.59 Å². The summed E-state index contributed by atoms with van der Waals surface area (Å²) in [4.78, 5) is 26.6. The van der Waals surface area contributed by atoms with Crippen molar-refractivity contribution in [2.24, 2.45) is 0 Å². The number of morpholine rings is 1. The van der Waals surface area contributed by atoms with Crippen LogP contribution in [0.15, 0.2) is 48.5 Å². The molecule has 0 aliphatic carbocycles. The highest BCUT2D eigenvalue weighted by Gasteiger charge is 2.19. The molecule has 1 atom stereocenters. The summed E-state index contributed by atoms with van der Waals surface area (Å²) in [6.07, 6.45) is -0.717. The Morgan fingerprint density at radius 2 is 1.68 bits per heavy atom. The molecule has 7 nitrogen and oxygen atoms in total. The molecule has 0 saturated carbocycles. The number of methoxy groups -OCH3 is 1. The van der Waals surface area contributed by atoms with Gasteiger partial charge in [-0.1, -0.05) is 12.1 Å². The van der Waals surface area contributed by atoms with Gasteiger partial charge in [-0.25, -0.2) is 0 Å². The quantitative estimate of drug-likeness (QED) is 0.828. The number of nitrogens with one attached hydrogen (secondary N) is 1. The molecular weight excluding hydrogens is 360 g/mol. The fourth-order valence-electron chi connectivity index (χ4n) is 2.85. The van der Waals surface area contributed by atoms with Crippen LogP contribution in [0.1, 0.15) is 17.3 Å². The van der Waals surface area contributed by atoms with Crippen molar-refractivity contribution in [1.82, 2.24) is 4.90 Å². The van der Waals surface area contributed by atoms with Gasteiger partial charge in [-0.2, -0.15) is 0 Å². The summed E-state index contributed by atoms with van der Waals surface area (Å²) >= 11 is 0. The average Bonchev–Trinajstić information content (AvgIpc) is 2.74. The Kier molecular flexibility index (Phi) is 6.49. The maximum Gasteiger partial charge on any atom is 0.265 e. The first-order chi connectivity index (χ1) is 13.6. The van der Waals surface area contributed by atoms with Gasteiger partial charge in [0.05, 0.1) is 20.3 Å². The van der Waals surface area contributed by atoms with Crippen LogP contribution < -0.4 is 14.8 Å². The summed E-state index contributed by atoms with van der Waals surface area (Å²) in [5, 5.41) is 2.80. The molecule has 1 heterocycles. The summed E-state index contributed by atoms with van der Waals surface area (Å²) in [6.45, 7) is 3.97. The van der Waals surface area contributed by atoms with Crippen LogP contribution in [-0.4, -0.2) is 56.2 Å². The highest BCUT2D eigenvalue weighted by molar-refractivity contribution is 5.97. The zero-order chi connectivity index (χ0) is 19.9. The van der Waals surface area contributed by atoms with Gasteiger partial charge in [0.1, 0.15) is 0 Å². The third kappa shape index (κ3) is 4.80. The normalized spacial score (nSPS) is 14.9. The zero-order valence-electron chi connectivity index (χ0n) is 16.0. The first-order valence-corrected chi connectivity index (χ1v) is 9.16. The summed E-state index contributed by atoms with van der Waals surface area (Å²) in [5.41, 5.74) is 1.18. The van der Waals surface area contributed by atoms with Crippen LogP contribution in [0.3, 0.4) is 0 Å². The predicted molar refractivity (Wildman–Crippen MR) is 105 cm³/mol. The number of nitrogens with zero attached hydrogens (tertiary/aromatic N) is 1. The molecule has 28 heavy (non-hydrogen) atoms. The van der Waals surface area contributed by atoms with Crippen LogP contribution in [0.25, 0.3) is 0 Å². The van der Waals surface area contributed by atoms with Crippen LogP contribution in [0, 0.1) is 0 Å². The van der Waals surface area contributed by atoms with Crippen LogP contribution in [0.4, 0.5) is 5.69 Å². The van der Waals surface area contributed by atoms with Crippen molar-refractivity contribution in [3.8, 4) is 11.5 Å². The SMILES string of the molecule is COc1ccccc1OC(C)C(=O)Nc1ccc(C(=O)N2CCOCC2)cc1. The van der Waals surface area contributed by atoms with Gasteiger partial charge in [-0.05, 0) is 43.3 Å². The molecule has 1 aliphatic rings. The van der Waals surface area contributed by atoms with Gasteiger partial charge in [0, 0.05) is 24.3 Å². The highest BCUT2D eigenvalue weighted by Crippen LogP contribution is 2.27. The molecule has 2 aromatic rings. The Bertz CT molecular complexity index is 816. The average molecular weight is 384 g/mol. The number of amides is 2. The molecule has 0 spiro atoms. The van der Waals surface area contributed by atoms with Crippen molar-refractivity contribution in [1.29, 1.82) is 0 Å². The summed E-state index contributed by atoms with van der Waals surface area (Å²) in [6, 6.07) is 14.0. The van der Waals surface area contributed by atoms with Crippen LogP contribution in [0.5, 0.6) is 11.5 Å². The zero-order valence-corrected chi connectivity index (χ0v) is 16.0. The lowest BCUT2D eigenvalue weighted by Gasteiger charge is -2.26.